The number of thioether (sulfide) groups is 1. The van der Waals surface area contributed by atoms with Crippen LogP contribution in [0.3, 0.4) is 0 Å². The molecule has 32 heavy (non-hydrogen) atoms. The molecule has 0 saturated heterocycles. The zero-order chi connectivity index (χ0) is 22.8. The van der Waals surface area contributed by atoms with E-state index in [9.17, 15) is 9.59 Å². The third-order valence-electron chi connectivity index (χ3n) is 5.86. The predicted molar refractivity (Wildman–Crippen MR) is 131 cm³/mol. The summed E-state index contributed by atoms with van der Waals surface area (Å²) in [5, 5.41) is 4.15. The number of aromatic nitrogens is 2. The molecular weight excluding hydrogens is 442 g/mol. The van der Waals surface area contributed by atoms with Gasteiger partial charge in [0.05, 0.1) is 23.4 Å². The zero-order valence-corrected chi connectivity index (χ0v) is 20.6. The number of thiophene rings is 1. The number of rotatable bonds is 7. The summed E-state index contributed by atoms with van der Waals surface area (Å²) in [7, 11) is 1.60. The van der Waals surface area contributed by atoms with Crippen molar-refractivity contribution in [3.05, 3.63) is 50.1 Å². The topological polar surface area (TPSA) is 73.2 Å². The predicted octanol–water partition coefficient (Wildman–Crippen LogP) is 4.04. The smallest absolute Gasteiger partial charge is 0.267 e. The van der Waals surface area contributed by atoms with E-state index in [1.807, 2.05) is 32.0 Å². The van der Waals surface area contributed by atoms with Crippen LogP contribution in [0, 0.1) is 19.8 Å². The van der Waals surface area contributed by atoms with Crippen LogP contribution in [0.5, 0.6) is 0 Å². The molecule has 1 amide bonds. The van der Waals surface area contributed by atoms with Gasteiger partial charge in [0, 0.05) is 18.5 Å². The van der Waals surface area contributed by atoms with Gasteiger partial charge in [0.2, 0.25) is 5.91 Å². The Morgan fingerprint density at radius 1 is 1.38 bits per heavy atom. The second kappa shape index (κ2) is 9.77. The molecule has 1 atom stereocenters. The average Bonchev–Trinajstić information content (AvgIpc) is 3.12. The van der Waals surface area contributed by atoms with Gasteiger partial charge in [-0.15, -0.1) is 11.3 Å². The number of hydrogen-bond acceptors (Lipinski definition) is 6. The van der Waals surface area contributed by atoms with Gasteiger partial charge in [-0.3, -0.25) is 14.2 Å². The summed E-state index contributed by atoms with van der Waals surface area (Å²) in [4.78, 5) is 33.2. The van der Waals surface area contributed by atoms with Gasteiger partial charge in [0.15, 0.2) is 5.16 Å². The number of aryl methyl sites for hydroxylation is 3. The highest BCUT2D eigenvalue weighted by molar-refractivity contribution is 7.99. The van der Waals surface area contributed by atoms with E-state index < -0.39 is 0 Å². The fourth-order valence-corrected chi connectivity index (χ4v) is 6.37. The summed E-state index contributed by atoms with van der Waals surface area (Å²) in [6.07, 6.45) is 3.03. The standard InChI is InChI=1S/C24H29N3O3S2/c1-14-5-7-16(3)18(11-14)27-23(29)21-17-8-6-15(2)12-19(17)32-22(21)26-24(27)31-13-20(28)25-9-10-30-4/h5,7,11,15H,6,8-10,12-13H2,1-4H3,(H,25,28). The van der Waals surface area contributed by atoms with Crippen LogP contribution >= 0.6 is 23.1 Å². The Morgan fingerprint density at radius 2 is 2.19 bits per heavy atom. The average molecular weight is 472 g/mol. The van der Waals surface area contributed by atoms with Crippen molar-refractivity contribution in [2.45, 2.75) is 45.2 Å². The van der Waals surface area contributed by atoms with E-state index in [0.717, 1.165) is 46.3 Å². The van der Waals surface area contributed by atoms with E-state index in [0.29, 0.717) is 24.2 Å². The normalized spacial score (nSPS) is 15.7. The molecule has 8 heteroatoms. The molecule has 2 heterocycles. The van der Waals surface area contributed by atoms with Gasteiger partial charge in [-0.2, -0.15) is 0 Å². The number of fused-ring (bicyclic) bond motifs is 3. The van der Waals surface area contributed by atoms with E-state index in [4.69, 9.17) is 9.72 Å². The van der Waals surface area contributed by atoms with Crippen molar-refractivity contribution >= 4 is 39.2 Å². The molecule has 1 aliphatic rings. The molecule has 3 aromatic rings. The molecule has 1 aromatic carbocycles. The van der Waals surface area contributed by atoms with Crippen molar-refractivity contribution in [2.75, 3.05) is 26.0 Å². The van der Waals surface area contributed by atoms with Crippen molar-refractivity contribution in [2.24, 2.45) is 5.92 Å². The molecule has 1 N–H and O–H groups in total. The summed E-state index contributed by atoms with van der Waals surface area (Å²) in [6, 6.07) is 6.09. The first kappa shape index (κ1) is 23.0. The van der Waals surface area contributed by atoms with E-state index in [1.165, 1.54) is 22.2 Å². The highest BCUT2D eigenvalue weighted by atomic mass is 32.2. The first-order valence-electron chi connectivity index (χ1n) is 10.9. The molecule has 1 unspecified atom stereocenters. The maximum atomic E-state index is 13.9. The first-order valence-corrected chi connectivity index (χ1v) is 12.7. The van der Waals surface area contributed by atoms with Gasteiger partial charge in [-0.1, -0.05) is 30.8 Å². The Kier molecular flexibility index (Phi) is 7.02. The number of carbonyl (C=O) groups is 1. The van der Waals surface area contributed by atoms with Crippen LogP contribution in [-0.4, -0.2) is 41.5 Å². The summed E-state index contributed by atoms with van der Waals surface area (Å²) < 4.78 is 6.70. The van der Waals surface area contributed by atoms with E-state index in [2.05, 4.69) is 12.2 Å². The fourth-order valence-electron chi connectivity index (χ4n) is 4.11. The molecule has 0 bridgehead atoms. The highest BCUT2D eigenvalue weighted by Crippen LogP contribution is 2.37. The minimum Gasteiger partial charge on any atom is -0.383 e. The van der Waals surface area contributed by atoms with Crippen LogP contribution in [0.15, 0.2) is 28.2 Å². The number of hydrogen-bond donors (Lipinski definition) is 1. The number of carbonyl (C=O) groups excluding carboxylic acids is 1. The van der Waals surface area contributed by atoms with Crippen LogP contribution in [0.2, 0.25) is 0 Å². The van der Waals surface area contributed by atoms with Crippen molar-refractivity contribution < 1.29 is 9.53 Å². The number of benzene rings is 1. The van der Waals surface area contributed by atoms with E-state index >= 15 is 0 Å². The molecule has 0 spiro atoms. The molecule has 0 saturated carbocycles. The van der Waals surface area contributed by atoms with Gasteiger partial charge in [0.25, 0.3) is 5.56 Å². The minimum absolute atomic E-state index is 0.0296. The Hall–Kier alpha value is -2.16. The summed E-state index contributed by atoms with van der Waals surface area (Å²) in [5.41, 5.74) is 4.05. The van der Waals surface area contributed by atoms with Crippen molar-refractivity contribution in [1.29, 1.82) is 0 Å². The van der Waals surface area contributed by atoms with Crippen LogP contribution in [-0.2, 0) is 22.4 Å². The maximum Gasteiger partial charge on any atom is 0.267 e. The van der Waals surface area contributed by atoms with Gasteiger partial charge in [0.1, 0.15) is 4.83 Å². The Balaban J connectivity index is 1.81. The first-order chi connectivity index (χ1) is 15.4. The number of nitrogens with zero attached hydrogens (tertiary/aromatic N) is 2. The molecule has 6 nitrogen and oxygen atoms in total. The van der Waals surface area contributed by atoms with Gasteiger partial charge in [-0.05, 0) is 61.8 Å². The number of ether oxygens (including phenoxy) is 1. The maximum absolute atomic E-state index is 13.9. The Labute approximate surface area is 196 Å². The number of amides is 1. The SMILES string of the molecule is COCCNC(=O)CSc1nc2sc3c(c2c(=O)n1-c1cc(C)ccc1C)CCC(C)C3. The van der Waals surface area contributed by atoms with Crippen LogP contribution < -0.4 is 10.9 Å². The lowest BCUT2D eigenvalue weighted by Crippen LogP contribution is -2.29. The molecule has 0 radical (unpaired) electrons. The zero-order valence-electron chi connectivity index (χ0n) is 19.0. The quantitative estimate of drug-likeness (QED) is 0.320. The highest BCUT2D eigenvalue weighted by Gasteiger charge is 2.25. The molecular formula is C24H29N3O3S2. The molecule has 4 rings (SSSR count). The van der Waals surface area contributed by atoms with Crippen LogP contribution in [0.4, 0.5) is 0 Å². The van der Waals surface area contributed by atoms with E-state index in [1.54, 1.807) is 23.0 Å². The Bertz CT molecular complexity index is 1220. The molecule has 0 fully saturated rings. The fraction of sp³-hybridized carbons (Fsp3) is 0.458. The Morgan fingerprint density at radius 3 is 2.97 bits per heavy atom. The summed E-state index contributed by atoms with van der Waals surface area (Å²) in [5.74, 6) is 0.712. The van der Waals surface area contributed by atoms with Crippen molar-refractivity contribution in [3.63, 3.8) is 0 Å². The minimum atomic E-state index is -0.104. The van der Waals surface area contributed by atoms with Gasteiger partial charge < -0.3 is 10.1 Å². The molecule has 0 aliphatic heterocycles. The van der Waals surface area contributed by atoms with Crippen LogP contribution in [0.1, 0.15) is 34.9 Å². The van der Waals surface area contributed by atoms with Crippen molar-refractivity contribution in [1.82, 2.24) is 14.9 Å². The molecule has 170 valence electrons. The lowest BCUT2D eigenvalue weighted by molar-refractivity contribution is -0.118. The number of nitrogens with one attached hydrogen (secondary N) is 1. The monoisotopic (exact) mass is 471 g/mol. The molecule has 1 aliphatic carbocycles. The third-order valence-corrected chi connectivity index (χ3v) is 7.95. The van der Waals surface area contributed by atoms with Gasteiger partial charge in [-0.25, -0.2) is 4.98 Å². The second-order valence-electron chi connectivity index (χ2n) is 8.49. The lowest BCUT2D eigenvalue weighted by atomic mass is 9.89. The van der Waals surface area contributed by atoms with Crippen LogP contribution in [0.25, 0.3) is 15.9 Å². The lowest BCUT2D eigenvalue weighted by Gasteiger charge is -2.18. The molecule has 2 aromatic heterocycles. The van der Waals surface area contributed by atoms with Crippen molar-refractivity contribution in [3.8, 4) is 5.69 Å². The summed E-state index contributed by atoms with van der Waals surface area (Å²) >= 11 is 2.94. The second-order valence-corrected chi connectivity index (χ2v) is 10.5. The van der Waals surface area contributed by atoms with E-state index in [-0.39, 0.29) is 17.2 Å². The summed E-state index contributed by atoms with van der Waals surface area (Å²) in [6.45, 7) is 7.21. The third kappa shape index (κ3) is 4.63. The largest absolute Gasteiger partial charge is 0.383 e. The van der Waals surface area contributed by atoms with Gasteiger partial charge >= 0.3 is 0 Å². The number of methoxy groups -OCH3 is 1.